The maximum absolute atomic E-state index is 4.51. The molecule has 1 aromatic heterocycles. The molecule has 0 radical (unpaired) electrons. The van der Waals surface area contributed by atoms with E-state index in [9.17, 15) is 0 Å². The lowest BCUT2D eigenvalue weighted by molar-refractivity contribution is 0.554. The van der Waals surface area contributed by atoms with Gasteiger partial charge in [-0.2, -0.15) is 0 Å². The Labute approximate surface area is 122 Å². The Bertz CT molecular complexity index is 432. The molecule has 0 amide bonds. The minimum Gasteiger partial charge on any atom is -0.371 e. The van der Waals surface area contributed by atoms with Crippen LogP contribution >= 0.6 is 0 Å². The van der Waals surface area contributed by atoms with Gasteiger partial charge in [0.15, 0.2) is 0 Å². The molecule has 110 valence electrons. The summed E-state index contributed by atoms with van der Waals surface area (Å²) in [5.74, 6) is 0. The van der Waals surface area contributed by atoms with E-state index < -0.39 is 0 Å². The topological polar surface area (TPSA) is 28.2 Å². The highest BCUT2D eigenvalue weighted by Gasteiger charge is 2.21. The van der Waals surface area contributed by atoms with Crippen molar-refractivity contribution in [1.29, 1.82) is 0 Å². The highest BCUT2D eigenvalue weighted by Crippen LogP contribution is 2.25. The Morgan fingerprint density at radius 3 is 2.55 bits per heavy atom. The maximum Gasteiger partial charge on any atom is 0.0445 e. The van der Waals surface area contributed by atoms with Crippen molar-refractivity contribution in [2.75, 3.05) is 18.0 Å². The van der Waals surface area contributed by atoms with E-state index in [-0.39, 0.29) is 0 Å². The van der Waals surface area contributed by atoms with Crippen LogP contribution in [0.3, 0.4) is 0 Å². The predicted molar refractivity (Wildman–Crippen MR) is 84.1 cm³/mol. The lowest BCUT2D eigenvalue weighted by Crippen LogP contribution is -2.29. The Kier molecular flexibility index (Phi) is 4.56. The van der Waals surface area contributed by atoms with Gasteiger partial charge in [-0.3, -0.25) is 4.98 Å². The van der Waals surface area contributed by atoms with Crippen LogP contribution in [0.25, 0.3) is 0 Å². The van der Waals surface area contributed by atoms with Crippen molar-refractivity contribution in [2.45, 2.75) is 64.5 Å². The molecule has 0 spiro atoms. The first kappa shape index (κ1) is 13.9. The van der Waals surface area contributed by atoms with Crippen LogP contribution in [-0.2, 0) is 6.54 Å². The molecule has 0 atom stereocenters. The smallest absolute Gasteiger partial charge is 0.0445 e. The molecular weight excluding hydrogens is 246 g/mol. The molecule has 2 fully saturated rings. The molecule has 0 aromatic carbocycles. The molecule has 2 heterocycles. The van der Waals surface area contributed by atoms with Gasteiger partial charge in [0.25, 0.3) is 0 Å². The number of rotatable bonds is 4. The molecule has 1 aliphatic carbocycles. The summed E-state index contributed by atoms with van der Waals surface area (Å²) in [6, 6.07) is 3.04. The normalized spacial score (nSPS) is 20.6. The van der Waals surface area contributed by atoms with Crippen molar-refractivity contribution in [1.82, 2.24) is 10.3 Å². The number of hydrogen-bond acceptors (Lipinski definition) is 3. The fraction of sp³-hybridized carbons (Fsp3) is 0.706. The SMILES string of the molecule is Cc1cc(N2CCCCCCC2)c(CNC2CC2)cn1. The van der Waals surface area contributed by atoms with E-state index in [1.807, 2.05) is 0 Å². The van der Waals surface area contributed by atoms with Gasteiger partial charge in [-0.15, -0.1) is 0 Å². The lowest BCUT2D eigenvalue weighted by atomic mass is 10.1. The molecule has 0 bridgehead atoms. The largest absolute Gasteiger partial charge is 0.371 e. The lowest BCUT2D eigenvalue weighted by Gasteiger charge is -2.29. The van der Waals surface area contributed by atoms with E-state index in [2.05, 4.69) is 34.4 Å². The molecule has 0 unspecified atom stereocenters. The predicted octanol–water partition coefficient (Wildman–Crippen LogP) is 3.41. The third-order valence-electron chi connectivity index (χ3n) is 4.45. The van der Waals surface area contributed by atoms with Crippen LogP contribution in [0.15, 0.2) is 12.3 Å². The highest BCUT2D eigenvalue weighted by atomic mass is 15.1. The van der Waals surface area contributed by atoms with Gasteiger partial charge in [-0.1, -0.05) is 19.3 Å². The quantitative estimate of drug-likeness (QED) is 0.911. The van der Waals surface area contributed by atoms with Crippen LogP contribution < -0.4 is 10.2 Å². The molecular formula is C17H27N3. The first-order chi connectivity index (χ1) is 9.83. The van der Waals surface area contributed by atoms with Crippen molar-refractivity contribution in [2.24, 2.45) is 0 Å². The Morgan fingerprint density at radius 2 is 1.85 bits per heavy atom. The number of nitrogens with one attached hydrogen (secondary N) is 1. The molecule has 1 N–H and O–H groups in total. The van der Waals surface area contributed by atoms with E-state index in [0.29, 0.717) is 0 Å². The van der Waals surface area contributed by atoms with Gasteiger partial charge >= 0.3 is 0 Å². The summed E-state index contributed by atoms with van der Waals surface area (Å²) >= 11 is 0. The van der Waals surface area contributed by atoms with Gasteiger partial charge in [-0.25, -0.2) is 0 Å². The second-order valence-corrected chi connectivity index (χ2v) is 6.36. The fourth-order valence-corrected chi connectivity index (χ4v) is 3.03. The third-order valence-corrected chi connectivity index (χ3v) is 4.45. The monoisotopic (exact) mass is 273 g/mol. The summed E-state index contributed by atoms with van der Waals surface area (Å²) in [5.41, 5.74) is 3.94. The average molecular weight is 273 g/mol. The van der Waals surface area contributed by atoms with Crippen LogP contribution in [0.5, 0.6) is 0 Å². The van der Waals surface area contributed by atoms with Gasteiger partial charge in [0.2, 0.25) is 0 Å². The fourth-order valence-electron chi connectivity index (χ4n) is 3.03. The molecule has 1 aliphatic heterocycles. The van der Waals surface area contributed by atoms with E-state index in [1.54, 1.807) is 0 Å². The zero-order chi connectivity index (χ0) is 13.8. The van der Waals surface area contributed by atoms with E-state index in [1.165, 1.54) is 69.3 Å². The van der Waals surface area contributed by atoms with Gasteiger partial charge in [0, 0.05) is 48.8 Å². The third kappa shape index (κ3) is 3.72. The number of nitrogens with zero attached hydrogens (tertiary/aromatic N) is 2. The van der Waals surface area contributed by atoms with Gasteiger partial charge in [0.1, 0.15) is 0 Å². The van der Waals surface area contributed by atoms with E-state index in [0.717, 1.165) is 18.3 Å². The zero-order valence-corrected chi connectivity index (χ0v) is 12.7. The van der Waals surface area contributed by atoms with E-state index >= 15 is 0 Å². The van der Waals surface area contributed by atoms with Crippen LogP contribution in [0.4, 0.5) is 5.69 Å². The van der Waals surface area contributed by atoms with Crippen LogP contribution in [-0.4, -0.2) is 24.1 Å². The standard InChI is InChI=1S/C17H27N3/c1-14-11-17(20-9-5-3-2-4-6-10-20)15(12-18-14)13-19-16-7-8-16/h11-12,16,19H,2-10,13H2,1H3. The van der Waals surface area contributed by atoms with Gasteiger partial charge in [0.05, 0.1) is 0 Å². The van der Waals surface area contributed by atoms with Crippen molar-refractivity contribution < 1.29 is 0 Å². The van der Waals surface area contributed by atoms with Crippen LogP contribution in [0, 0.1) is 6.92 Å². The Morgan fingerprint density at radius 1 is 1.15 bits per heavy atom. The van der Waals surface area contributed by atoms with E-state index in [4.69, 9.17) is 0 Å². The molecule has 1 saturated carbocycles. The number of pyridine rings is 1. The summed E-state index contributed by atoms with van der Waals surface area (Å²) in [5, 5.41) is 3.63. The number of hydrogen-bond donors (Lipinski definition) is 1. The second kappa shape index (κ2) is 6.57. The molecule has 1 aromatic rings. The molecule has 3 nitrogen and oxygen atoms in total. The average Bonchev–Trinajstić information content (AvgIpc) is 3.21. The van der Waals surface area contributed by atoms with Crippen LogP contribution in [0.2, 0.25) is 0 Å². The maximum atomic E-state index is 4.51. The Hall–Kier alpha value is -1.09. The first-order valence-corrected chi connectivity index (χ1v) is 8.27. The summed E-state index contributed by atoms with van der Waals surface area (Å²) in [4.78, 5) is 7.10. The second-order valence-electron chi connectivity index (χ2n) is 6.36. The summed E-state index contributed by atoms with van der Waals surface area (Å²) < 4.78 is 0. The zero-order valence-electron chi connectivity index (χ0n) is 12.7. The number of anilines is 1. The highest BCUT2D eigenvalue weighted by molar-refractivity contribution is 5.53. The van der Waals surface area contributed by atoms with Crippen molar-refractivity contribution in [3.63, 3.8) is 0 Å². The molecule has 20 heavy (non-hydrogen) atoms. The Balaban J connectivity index is 1.74. The summed E-state index contributed by atoms with van der Waals surface area (Å²) in [6.07, 6.45) is 11.6. The first-order valence-electron chi connectivity index (χ1n) is 8.27. The minimum absolute atomic E-state index is 0.761. The molecule has 3 heteroatoms. The minimum atomic E-state index is 0.761. The summed E-state index contributed by atoms with van der Waals surface area (Å²) in [6.45, 7) is 5.50. The van der Waals surface area contributed by atoms with Crippen molar-refractivity contribution >= 4 is 5.69 Å². The number of aryl methyl sites for hydroxylation is 1. The molecule has 1 saturated heterocycles. The van der Waals surface area contributed by atoms with Crippen LogP contribution in [0.1, 0.15) is 56.2 Å². The molecule has 3 rings (SSSR count). The van der Waals surface area contributed by atoms with Gasteiger partial charge in [-0.05, 0) is 38.7 Å². The van der Waals surface area contributed by atoms with Gasteiger partial charge < -0.3 is 10.2 Å². The molecule has 2 aliphatic rings. The summed E-state index contributed by atoms with van der Waals surface area (Å²) in [7, 11) is 0. The van der Waals surface area contributed by atoms with Crippen molar-refractivity contribution in [3.05, 3.63) is 23.5 Å². The van der Waals surface area contributed by atoms with Crippen molar-refractivity contribution in [3.8, 4) is 0 Å². The number of aromatic nitrogens is 1.